The number of rotatable bonds is 4. The predicted octanol–water partition coefficient (Wildman–Crippen LogP) is 3.16. The molecule has 0 saturated heterocycles. The molecule has 3 aromatic rings. The van der Waals surface area contributed by atoms with E-state index in [1.807, 2.05) is 0 Å². The number of benzene rings is 1. The fraction of sp³-hybridized carbons (Fsp3) is 0.0714. The molecule has 6 nitrogen and oxygen atoms in total. The van der Waals surface area contributed by atoms with Gasteiger partial charge in [0.15, 0.2) is 10.4 Å². The fourth-order valence-electron chi connectivity index (χ4n) is 1.76. The Hall–Kier alpha value is -2.48. The highest BCUT2D eigenvalue weighted by atomic mass is 79.9. The lowest BCUT2D eigenvalue weighted by atomic mass is 10.2. The van der Waals surface area contributed by atoms with Crippen molar-refractivity contribution in [1.82, 2.24) is 15.5 Å². The molecular formula is C14H9BrFN3O3. The van der Waals surface area contributed by atoms with Crippen LogP contribution in [-0.4, -0.2) is 16.0 Å². The molecule has 2 heterocycles. The third-order valence-corrected chi connectivity index (χ3v) is 3.18. The summed E-state index contributed by atoms with van der Waals surface area (Å²) < 4.78 is 23.7. The number of nitrogens with one attached hydrogen (secondary N) is 1. The van der Waals surface area contributed by atoms with Gasteiger partial charge in [-0.3, -0.25) is 4.79 Å². The van der Waals surface area contributed by atoms with Gasteiger partial charge in [0.05, 0.1) is 0 Å². The van der Waals surface area contributed by atoms with Crippen molar-refractivity contribution in [3.8, 4) is 11.6 Å². The summed E-state index contributed by atoms with van der Waals surface area (Å²) in [7, 11) is 0. The minimum Gasteiger partial charge on any atom is -0.446 e. The highest BCUT2D eigenvalue weighted by molar-refractivity contribution is 9.10. The maximum atomic E-state index is 13.0. The van der Waals surface area contributed by atoms with Crippen molar-refractivity contribution in [3.05, 3.63) is 58.3 Å². The summed E-state index contributed by atoms with van der Waals surface area (Å²) in [5.74, 6) is -0.566. The van der Waals surface area contributed by atoms with E-state index >= 15 is 0 Å². The number of aromatic nitrogens is 2. The van der Waals surface area contributed by atoms with Crippen molar-refractivity contribution in [2.24, 2.45) is 0 Å². The van der Waals surface area contributed by atoms with E-state index in [-0.39, 0.29) is 24.1 Å². The van der Waals surface area contributed by atoms with Gasteiger partial charge in [-0.15, -0.1) is 0 Å². The second-order valence-electron chi connectivity index (χ2n) is 4.34. The first-order valence-electron chi connectivity index (χ1n) is 6.24. The molecule has 0 aliphatic rings. The molecule has 0 atom stereocenters. The number of nitrogens with zero attached hydrogens (tertiary/aromatic N) is 2. The smallest absolute Gasteiger partial charge is 0.316 e. The average molecular weight is 366 g/mol. The highest BCUT2D eigenvalue weighted by Gasteiger charge is 2.17. The van der Waals surface area contributed by atoms with Crippen LogP contribution in [0.15, 0.2) is 50.0 Å². The zero-order valence-corrected chi connectivity index (χ0v) is 12.6. The largest absolute Gasteiger partial charge is 0.446 e. The Balaban J connectivity index is 1.67. The van der Waals surface area contributed by atoms with E-state index in [9.17, 15) is 9.18 Å². The van der Waals surface area contributed by atoms with Crippen molar-refractivity contribution >= 4 is 21.8 Å². The van der Waals surface area contributed by atoms with Crippen molar-refractivity contribution in [3.63, 3.8) is 0 Å². The van der Waals surface area contributed by atoms with Crippen molar-refractivity contribution in [1.29, 1.82) is 0 Å². The van der Waals surface area contributed by atoms with Crippen molar-refractivity contribution < 1.29 is 18.1 Å². The van der Waals surface area contributed by atoms with Crippen LogP contribution in [0, 0.1) is 5.82 Å². The van der Waals surface area contributed by atoms with Gasteiger partial charge in [-0.1, -0.05) is 17.3 Å². The molecular weight excluding hydrogens is 357 g/mol. The number of amides is 1. The van der Waals surface area contributed by atoms with Gasteiger partial charge in [0.25, 0.3) is 0 Å². The minimum atomic E-state index is -0.548. The summed E-state index contributed by atoms with van der Waals surface area (Å²) in [6.07, 6.45) is 0. The molecule has 0 radical (unpaired) electrons. The van der Waals surface area contributed by atoms with Gasteiger partial charge in [0, 0.05) is 6.54 Å². The molecule has 8 heteroatoms. The Morgan fingerprint density at radius 3 is 2.91 bits per heavy atom. The quantitative estimate of drug-likeness (QED) is 0.767. The lowest BCUT2D eigenvalue weighted by Gasteiger charge is -2.02. The molecule has 0 aliphatic heterocycles. The minimum absolute atomic E-state index is 0.153. The Labute approximate surface area is 132 Å². The summed E-state index contributed by atoms with van der Waals surface area (Å²) in [5, 5.41) is 6.24. The summed E-state index contributed by atoms with van der Waals surface area (Å²) in [6, 6.07) is 9.25. The van der Waals surface area contributed by atoms with Gasteiger partial charge in [0.2, 0.25) is 5.82 Å². The number of hydrogen-bond acceptors (Lipinski definition) is 5. The van der Waals surface area contributed by atoms with E-state index in [1.165, 1.54) is 12.1 Å². The zero-order chi connectivity index (χ0) is 15.5. The SMILES string of the molecule is O=C(NCc1cccc(F)c1)c1nc(-c2ccc(Br)o2)no1. The topological polar surface area (TPSA) is 81.2 Å². The molecule has 0 fully saturated rings. The van der Waals surface area contributed by atoms with E-state index in [0.29, 0.717) is 16.0 Å². The van der Waals surface area contributed by atoms with Crippen molar-refractivity contribution in [2.75, 3.05) is 0 Å². The molecule has 0 unspecified atom stereocenters. The van der Waals surface area contributed by atoms with Gasteiger partial charge in [-0.25, -0.2) is 4.39 Å². The van der Waals surface area contributed by atoms with Gasteiger partial charge >= 0.3 is 11.8 Å². The van der Waals surface area contributed by atoms with Crippen LogP contribution in [0.4, 0.5) is 4.39 Å². The van der Waals surface area contributed by atoms with Crippen LogP contribution >= 0.6 is 15.9 Å². The van der Waals surface area contributed by atoms with Crippen LogP contribution in [0.3, 0.4) is 0 Å². The summed E-state index contributed by atoms with van der Waals surface area (Å²) in [5.41, 5.74) is 0.628. The second kappa shape index (κ2) is 6.10. The first-order chi connectivity index (χ1) is 10.6. The molecule has 0 bridgehead atoms. The Kier molecular flexibility index (Phi) is 4.01. The Morgan fingerprint density at radius 1 is 1.32 bits per heavy atom. The fourth-order valence-corrected chi connectivity index (χ4v) is 2.06. The number of furan rings is 1. The molecule has 1 amide bonds. The lowest BCUT2D eigenvalue weighted by molar-refractivity contribution is 0.0907. The average Bonchev–Trinajstić information content (AvgIpc) is 3.13. The summed E-state index contributed by atoms with van der Waals surface area (Å²) >= 11 is 3.16. The molecule has 0 aliphatic carbocycles. The van der Waals surface area contributed by atoms with Crippen LogP contribution in [-0.2, 0) is 6.54 Å². The molecule has 1 N–H and O–H groups in total. The van der Waals surface area contributed by atoms with Crippen LogP contribution in [0.25, 0.3) is 11.6 Å². The Bertz CT molecular complexity index is 815. The molecule has 1 aromatic carbocycles. The second-order valence-corrected chi connectivity index (χ2v) is 5.12. The maximum absolute atomic E-state index is 13.0. The lowest BCUT2D eigenvalue weighted by Crippen LogP contribution is -2.23. The van der Waals surface area contributed by atoms with E-state index in [4.69, 9.17) is 8.94 Å². The van der Waals surface area contributed by atoms with Gasteiger partial charge < -0.3 is 14.3 Å². The number of carbonyl (C=O) groups excluding carboxylic acids is 1. The predicted molar refractivity (Wildman–Crippen MR) is 77.3 cm³/mol. The monoisotopic (exact) mass is 365 g/mol. The normalized spacial score (nSPS) is 10.6. The van der Waals surface area contributed by atoms with E-state index in [2.05, 4.69) is 31.4 Å². The third-order valence-electron chi connectivity index (χ3n) is 2.76. The highest BCUT2D eigenvalue weighted by Crippen LogP contribution is 2.22. The van der Waals surface area contributed by atoms with E-state index < -0.39 is 5.91 Å². The molecule has 2 aromatic heterocycles. The first-order valence-corrected chi connectivity index (χ1v) is 7.03. The zero-order valence-electron chi connectivity index (χ0n) is 11.0. The van der Waals surface area contributed by atoms with Crippen molar-refractivity contribution in [2.45, 2.75) is 6.54 Å². The molecule has 0 spiro atoms. The van der Waals surface area contributed by atoms with Crippen LogP contribution in [0.2, 0.25) is 0 Å². The standard InChI is InChI=1S/C14H9BrFN3O3/c15-11-5-4-10(21-11)12-18-14(22-19-12)13(20)17-7-8-2-1-3-9(16)6-8/h1-6H,7H2,(H,17,20). The number of halogens is 2. The van der Waals surface area contributed by atoms with Gasteiger partial charge in [0.1, 0.15) is 5.82 Å². The number of carbonyl (C=O) groups is 1. The van der Waals surface area contributed by atoms with Crippen LogP contribution in [0.1, 0.15) is 16.2 Å². The summed E-state index contributed by atoms with van der Waals surface area (Å²) in [6.45, 7) is 0.153. The van der Waals surface area contributed by atoms with Gasteiger partial charge in [-0.2, -0.15) is 4.98 Å². The molecule has 3 rings (SSSR count). The molecule has 112 valence electrons. The third kappa shape index (κ3) is 3.22. The van der Waals surface area contributed by atoms with Crippen LogP contribution in [0.5, 0.6) is 0 Å². The number of hydrogen-bond donors (Lipinski definition) is 1. The first kappa shape index (κ1) is 14.5. The van der Waals surface area contributed by atoms with E-state index in [0.717, 1.165) is 0 Å². The maximum Gasteiger partial charge on any atom is 0.316 e. The summed E-state index contributed by atoms with van der Waals surface area (Å²) in [4.78, 5) is 15.9. The van der Waals surface area contributed by atoms with Gasteiger partial charge in [-0.05, 0) is 45.8 Å². The molecule has 0 saturated carbocycles. The van der Waals surface area contributed by atoms with Crippen LogP contribution < -0.4 is 5.32 Å². The Morgan fingerprint density at radius 2 is 2.18 bits per heavy atom. The van der Waals surface area contributed by atoms with E-state index in [1.54, 1.807) is 24.3 Å². The molecule has 22 heavy (non-hydrogen) atoms.